The second kappa shape index (κ2) is 9.56. The van der Waals surface area contributed by atoms with Crippen molar-refractivity contribution in [3.63, 3.8) is 0 Å². The molecule has 26 heavy (non-hydrogen) atoms. The van der Waals surface area contributed by atoms with Gasteiger partial charge in [-0.3, -0.25) is 9.69 Å². The lowest BCUT2D eigenvalue weighted by Crippen LogP contribution is -2.50. The first-order valence-corrected chi connectivity index (χ1v) is 8.22. The van der Waals surface area contributed by atoms with Gasteiger partial charge in [-0.1, -0.05) is 12.1 Å². The largest absolute Gasteiger partial charge is 0.481 e. The predicted molar refractivity (Wildman–Crippen MR) is 95.8 cm³/mol. The summed E-state index contributed by atoms with van der Waals surface area (Å²) in [6, 6.07) is 9.50. The third-order valence-electron chi connectivity index (χ3n) is 4.22. The SMILES string of the molecule is Cl.O=C(COc1ccccc1F)N1CCN(CC(O)c2ccco2)CC1. The lowest BCUT2D eigenvalue weighted by Gasteiger charge is -2.35. The van der Waals surface area contributed by atoms with E-state index in [0.717, 1.165) is 0 Å². The second-order valence-electron chi connectivity index (χ2n) is 5.93. The molecule has 1 saturated heterocycles. The number of benzene rings is 1. The van der Waals surface area contributed by atoms with Gasteiger partial charge in [0.05, 0.1) is 6.26 Å². The molecule has 6 nitrogen and oxygen atoms in total. The molecule has 2 heterocycles. The van der Waals surface area contributed by atoms with Gasteiger partial charge in [0.2, 0.25) is 0 Å². The van der Waals surface area contributed by atoms with Crippen LogP contribution in [0.2, 0.25) is 0 Å². The smallest absolute Gasteiger partial charge is 0.260 e. The van der Waals surface area contributed by atoms with Crippen LogP contribution in [0, 0.1) is 5.82 Å². The molecular formula is C18H22ClFN2O4. The fourth-order valence-electron chi connectivity index (χ4n) is 2.79. The first kappa shape index (κ1) is 20.2. The molecule has 1 aliphatic rings. The van der Waals surface area contributed by atoms with Crippen LogP contribution in [0.3, 0.4) is 0 Å². The van der Waals surface area contributed by atoms with Crippen LogP contribution in [0.25, 0.3) is 0 Å². The summed E-state index contributed by atoms with van der Waals surface area (Å²) in [5.74, 6) is -0.0330. The summed E-state index contributed by atoms with van der Waals surface area (Å²) >= 11 is 0. The third-order valence-corrected chi connectivity index (χ3v) is 4.22. The molecule has 2 aromatic rings. The van der Waals surface area contributed by atoms with E-state index in [-0.39, 0.29) is 30.7 Å². The van der Waals surface area contributed by atoms with Gasteiger partial charge in [0.15, 0.2) is 18.2 Å². The molecular weight excluding hydrogens is 363 g/mol. The Labute approximate surface area is 157 Å². The summed E-state index contributed by atoms with van der Waals surface area (Å²) in [6.45, 7) is 2.68. The Morgan fingerprint density at radius 2 is 1.92 bits per heavy atom. The monoisotopic (exact) mass is 384 g/mol. The van der Waals surface area contributed by atoms with Crippen LogP contribution in [0.4, 0.5) is 4.39 Å². The van der Waals surface area contributed by atoms with Gasteiger partial charge in [-0.05, 0) is 24.3 Å². The molecule has 0 bridgehead atoms. The summed E-state index contributed by atoms with van der Waals surface area (Å²) in [7, 11) is 0. The van der Waals surface area contributed by atoms with E-state index in [0.29, 0.717) is 38.5 Å². The average Bonchev–Trinajstić information content (AvgIpc) is 3.16. The maximum Gasteiger partial charge on any atom is 0.260 e. The van der Waals surface area contributed by atoms with Crippen molar-refractivity contribution in [2.75, 3.05) is 39.3 Å². The maximum absolute atomic E-state index is 13.5. The number of nitrogens with zero attached hydrogens (tertiary/aromatic N) is 2. The predicted octanol–water partition coefficient (Wildman–Crippen LogP) is 2.10. The molecule has 1 aliphatic heterocycles. The number of carbonyl (C=O) groups excluding carboxylic acids is 1. The highest BCUT2D eigenvalue weighted by Gasteiger charge is 2.24. The fourth-order valence-corrected chi connectivity index (χ4v) is 2.79. The highest BCUT2D eigenvalue weighted by atomic mass is 35.5. The van der Waals surface area contributed by atoms with Crippen LogP contribution < -0.4 is 4.74 Å². The number of rotatable bonds is 6. The van der Waals surface area contributed by atoms with E-state index in [1.165, 1.54) is 18.4 Å². The van der Waals surface area contributed by atoms with Crippen molar-refractivity contribution in [2.24, 2.45) is 0 Å². The average molecular weight is 385 g/mol. The molecule has 1 aromatic heterocycles. The lowest BCUT2D eigenvalue weighted by atomic mass is 10.2. The number of hydrogen-bond donors (Lipinski definition) is 1. The first-order valence-electron chi connectivity index (χ1n) is 8.22. The molecule has 8 heteroatoms. The van der Waals surface area contributed by atoms with E-state index in [9.17, 15) is 14.3 Å². The summed E-state index contributed by atoms with van der Waals surface area (Å²) in [4.78, 5) is 16.0. The van der Waals surface area contributed by atoms with E-state index in [1.807, 2.05) is 0 Å². The van der Waals surface area contributed by atoms with Crippen molar-refractivity contribution in [2.45, 2.75) is 6.10 Å². The second-order valence-corrected chi connectivity index (χ2v) is 5.93. The molecule has 3 rings (SSSR count). The molecule has 142 valence electrons. The van der Waals surface area contributed by atoms with Crippen molar-refractivity contribution in [3.05, 3.63) is 54.2 Å². The fraction of sp³-hybridized carbons (Fsp3) is 0.389. The molecule has 1 amide bonds. The van der Waals surface area contributed by atoms with Gasteiger partial charge in [0, 0.05) is 32.7 Å². The Morgan fingerprint density at radius 1 is 1.19 bits per heavy atom. The van der Waals surface area contributed by atoms with Gasteiger partial charge in [-0.15, -0.1) is 12.4 Å². The first-order chi connectivity index (χ1) is 12.1. The van der Waals surface area contributed by atoms with Gasteiger partial charge >= 0.3 is 0 Å². The minimum absolute atomic E-state index is 0. The summed E-state index contributed by atoms with van der Waals surface area (Å²) in [5.41, 5.74) is 0. The van der Waals surface area contributed by atoms with Gasteiger partial charge in [0.25, 0.3) is 5.91 Å². The zero-order valence-electron chi connectivity index (χ0n) is 14.2. The van der Waals surface area contributed by atoms with Crippen LogP contribution >= 0.6 is 12.4 Å². The number of amides is 1. The van der Waals surface area contributed by atoms with E-state index in [2.05, 4.69) is 4.90 Å². The summed E-state index contributed by atoms with van der Waals surface area (Å²) < 4.78 is 23.9. The minimum Gasteiger partial charge on any atom is -0.481 e. The molecule has 1 atom stereocenters. The third kappa shape index (κ3) is 5.20. The summed E-state index contributed by atoms with van der Waals surface area (Å²) in [6.07, 6.45) is 0.853. The van der Waals surface area contributed by atoms with Crippen molar-refractivity contribution in [1.82, 2.24) is 9.80 Å². The maximum atomic E-state index is 13.5. The molecule has 1 unspecified atom stereocenters. The summed E-state index contributed by atoms with van der Waals surface area (Å²) in [5, 5.41) is 10.1. The number of para-hydroxylation sites is 1. The Kier molecular flexibility index (Phi) is 7.44. The van der Waals surface area contributed by atoms with Crippen LogP contribution in [0.15, 0.2) is 47.1 Å². The van der Waals surface area contributed by atoms with E-state index in [4.69, 9.17) is 9.15 Å². The van der Waals surface area contributed by atoms with Crippen LogP contribution in [-0.2, 0) is 4.79 Å². The quantitative estimate of drug-likeness (QED) is 0.826. The van der Waals surface area contributed by atoms with Crippen LogP contribution in [-0.4, -0.2) is 60.1 Å². The molecule has 1 aromatic carbocycles. The van der Waals surface area contributed by atoms with E-state index < -0.39 is 11.9 Å². The Hall–Kier alpha value is -2.09. The van der Waals surface area contributed by atoms with Crippen molar-refractivity contribution in [1.29, 1.82) is 0 Å². The molecule has 0 aliphatic carbocycles. The van der Waals surface area contributed by atoms with Crippen molar-refractivity contribution < 1.29 is 23.4 Å². The standard InChI is InChI=1S/C18H21FN2O4.ClH/c19-14-4-1-2-5-16(14)25-13-18(23)21-9-7-20(8-10-21)12-15(22)17-6-3-11-24-17;/h1-6,11,15,22H,7-10,12-13H2;1H. The topological polar surface area (TPSA) is 66.2 Å². The Bertz CT molecular complexity index is 690. The number of aliphatic hydroxyl groups is 1. The Balaban J connectivity index is 0.00000243. The molecule has 0 spiro atoms. The van der Waals surface area contributed by atoms with Gasteiger partial charge < -0.3 is 19.2 Å². The molecule has 1 N–H and O–H groups in total. The lowest BCUT2D eigenvalue weighted by molar-refractivity contribution is -0.135. The normalized spacial score (nSPS) is 16.0. The number of piperazine rings is 1. The molecule has 0 saturated carbocycles. The number of carbonyl (C=O) groups is 1. The number of hydrogen-bond acceptors (Lipinski definition) is 5. The van der Waals surface area contributed by atoms with Gasteiger partial charge in [-0.25, -0.2) is 4.39 Å². The minimum atomic E-state index is -0.679. The number of halogens is 2. The van der Waals surface area contributed by atoms with Crippen LogP contribution in [0.1, 0.15) is 11.9 Å². The molecule has 0 radical (unpaired) electrons. The van der Waals surface area contributed by atoms with Crippen LogP contribution in [0.5, 0.6) is 5.75 Å². The number of ether oxygens (including phenoxy) is 1. The van der Waals surface area contributed by atoms with Gasteiger partial charge in [-0.2, -0.15) is 0 Å². The highest BCUT2D eigenvalue weighted by Crippen LogP contribution is 2.17. The number of β-amino-alcohol motifs (C(OH)–C–C–N with tert-alkyl or cyclic N) is 1. The Morgan fingerprint density at radius 3 is 2.58 bits per heavy atom. The molecule has 1 fully saturated rings. The van der Waals surface area contributed by atoms with Crippen molar-refractivity contribution in [3.8, 4) is 5.75 Å². The van der Waals surface area contributed by atoms with E-state index in [1.54, 1.807) is 29.2 Å². The van der Waals surface area contributed by atoms with E-state index >= 15 is 0 Å². The highest BCUT2D eigenvalue weighted by molar-refractivity contribution is 5.85. The number of aliphatic hydroxyl groups excluding tert-OH is 1. The zero-order valence-corrected chi connectivity index (χ0v) is 15.0. The van der Waals surface area contributed by atoms with Crippen molar-refractivity contribution >= 4 is 18.3 Å². The zero-order chi connectivity index (χ0) is 17.6. The number of furan rings is 1. The van der Waals surface area contributed by atoms with Gasteiger partial charge in [0.1, 0.15) is 11.9 Å².